The third kappa shape index (κ3) is 4.03. The largest absolute Gasteiger partial charge is 0.387 e. The summed E-state index contributed by atoms with van der Waals surface area (Å²) >= 11 is 5.82. The molecule has 2 N–H and O–H groups in total. The van der Waals surface area contributed by atoms with E-state index in [4.69, 9.17) is 11.6 Å². The fourth-order valence-corrected chi connectivity index (χ4v) is 1.99. The zero-order chi connectivity index (χ0) is 13.7. The van der Waals surface area contributed by atoms with Crippen molar-refractivity contribution >= 4 is 11.6 Å². The summed E-state index contributed by atoms with van der Waals surface area (Å²) in [6, 6.07) is 11.3. The molecule has 0 saturated carbocycles. The van der Waals surface area contributed by atoms with Gasteiger partial charge in [-0.3, -0.25) is 4.98 Å². The second-order valence-corrected chi connectivity index (χ2v) is 4.91. The molecule has 2 rings (SSSR count). The highest BCUT2D eigenvalue weighted by atomic mass is 35.5. The molecule has 3 nitrogen and oxygen atoms in total. The summed E-state index contributed by atoms with van der Waals surface area (Å²) in [5, 5.41) is 14.1. The van der Waals surface area contributed by atoms with Crippen LogP contribution < -0.4 is 5.32 Å². The first kappa shape index (κ1) is 14.0. The van der Waals surface area contributed by atoms with E-state index in [1.54, 1.807) is 24.5 Å². The maximum absolute atomic E-state index is 10.1. The summed E-state index contributed by atoms with van der Waals surface area (Å²) in [5.74, 6) is 0. The number of hydrogen-bond acceptors (Lipinski definition) is 3. The van der Waals surface area contributed by atoms with Crippen LogP contribution in [0.25, 0.3) is 0 Å². The van der Waals surface area contributed by atoms with Gasteiger partial charge < -0.3 is 10.4 Å². The van der Waals surface area contributed by atoms with Gasteiger partial charge in [0, 0.05) is 30.0 Å². The molecule has 2 aromatic rings. The molecule has 0 aliphatic carbocycles. The van der Waals surface area contributed by atoms with Crippen molar-refractivity contribution in [2.24, 2.45) is 0 Å². The molecule has 4 heteroatoms. The van der Waals surface area contributed by atoms with Gasteiger partial charge in [-0.2, -0.15) is 0 Å². The Labute approximate surface area is 118 Å². The minimum absolute atomic E-state index is 0.171. The van der Waals surface area contributed by atoms with Gasteiger partial charge in [-0.15, -0.1) is 0 Å². The van der Waals surface area contributed by atoms with E-state index in [1.165, 1.54) is 0 Å². The van der Waals surface area contributed by atoms with Gasteiger partial charge in [0.25, 0.3) is 0 Å². The third-order valence-corrected chi connectivity index (χ3v) is 3.33. The molecule has 0 saturated heterocycles. The van der Waals surface area contributed by atoms with Gasteiger partial charge in [0.05, 0.1) is 6.10 Å². The van der Waals surface area contributed by atoms with E-state index in [9.17, 15) is 5.11 Å². The predicted octanol–water partition coefficient (Wildman–Crippen LogP) is 3.12. The number of aliphatic hydroxyl groups excluding tert-OH is 1. The Morgan fingerprint density at radius 2 is 1.74 bits per heavy atom. The maximum atomic E-state index is 10.1. The van der Waals surface area contributed by atoms with Crippen LogP contribution in [0.4, 0.5) is 0 Å². The van der Waals surface area contributed by atoms with E-state index in [2.05, 4.69) is 17.2 Å². The smallest absolute Gasteiger partial charge is 0.0914 e. The predicted molar refractivity (Wildman–Crippen MR) is 77.1 cm³/mol. The average Bonchev–Trinajstić information content (AvgIpc) is 2.46. The summed E-state index contributed by atoms with van der Waals surface area (Å²) in [7, 11) is 0. The van der Waals surface area contributed by atoms with Crippen LogP contribution in [-0.2, 0) is 0 Å². The highest BCUT2D eigenvalue weighted by molar-refractivity contribution is 6.30. The lowest BCUT2D eigenvalue weighted by Crippen LogP contribution is -2.24. The topological polar surface area (TPSA) is 45.1 Å². The normalized spacial score (nSPS) is 14.1. The number of nitrogens with zero attached hydrogens (tertiary/aromatic N) is 1. The van der Waals surface area contributed by atoms with Crippen LogP contribution >= 0.6 is 11.6 Å². The van der Waals surface area contributed by atoms with Gasteiger partial charge in [-0.25, -0.2) is 0 Å². The standard InChI is InChI=1S/C15H17ClN2O/c1-11(12-6-8-17-9-7-12)18-10-15(19)13-2-4-14(16)5-3-13/h2-9,11,15,18-19H,10H2,1H3/t11-,15?/m0/s1. The molecule has 1 aromatic heterocycles. The second-order valence-electron chi connectivity index (χ2n) is 4.48. The Morgan fingerprint density at radius 3 is 2.37 bits per heavy atom. The molecular weight excluding hydrogens is 260 g/mol. The van der Waals surface area contributed by atoms with E-state index in [0.29, 0.717) is 11.6 Å². The summed E-state index contributed by atoms with van der Waals surface area (Å²) < 4.78 is 0. The Balaban J connectivity index is 1.90. The number of rotatable bonds is 5. The molecule has 100 valence electrons. The molecule has 0 fully saturated rings. The quantitative estimate of drug-likeness (QED) is 0.882. The first-order valence-corrected chi connectivity index (χ1v) is 6.61. The fraction of sp³-hybridized carbons (Fsp3) is 0.267. The maximum Gasteiger partial charge on any atom is 0.0914 e. The van der Waals surface area contributed by atoms with Gasteiger partial charge in [0.1, 0.15) is 0 Å². The number of aliphatic hydroxyl groups is 1. The molecule has 0 radical (unpaired) electrons. The minimum Gasteiger partial charge on any atom is -0.387 e. The lowest BCUT2D eigenvalue weighted by molar-refractivity contribution is 0.171. The van der Waals surface area contributed by atoms with Crippen molar-refractivity contribution in [3.63, 3.8) is 0 Å². The number of aromatic nitrogens is 1. The van der Waals surface area contributed by atoms with Crippen molar-refractivity contribution in [2.45, 2.75) is 19.1 Å². The monoisotopic (exact) mass is 276 g/mol. The van der Waals surface area contributed by atoms with E-state index in [1.807, 2.05) is 24.3 Å². The molecule has 0 spiro atoms. The molecular formula is C15H17ClN2O. The highest BCUT2D eigenvalue weighted by Crippen LogP contribution is 2.17. The van der Waals surface area contributed by atoms with E-state index in [-0.39, 0.29) is 6.04 Å². The van der Waals surface area contributed by atoms with E-state index < -0.39 is 6.10 Å². The molecule has 1 heterocycles. The lowest BCUT2D eigenvalue weighted by Gasteiger charge is -2.17. The summed E-state index contributed by atoms with van der Waals surface area (Å²) in [4.78, 5) is 3.99. The van der Waals surface area contributed by atoms with Crippen LogP contribution in [0, 0.1) is 0 Å². The molecule has 0 aliphatic heterocycles. The van der Waals surface area contributed by atoms with Crippen molar-refractivity contribution in [1.29, 1.82) is 0 Å². The average molecular weight is 277 g/mol. The molecule has 0 bridgehead atoms. The van der Waals surface area contributed by atoms with Crippen LogP contribution in [-0.4, -0.2) is 16.6 Å². The molecule has 0 aliphatic rings. The van der Waals surface area contributed by atoms with Crippen LogP contribution in [0.5, 0.6) is 0 Å². The zero-order valence-corrected chi connectivity index (χ0v) is 11.5. The van der Waals surface area contributed by atoms with Crippen LogP contribution in [0.3, 0.4) is 0 Å². The van der Waals surface area contributed by atoms with Gasteiger partial charge in [0.2, 0.25) is 0 Å². The summed E-state index contributed by atoms with van der Waals surface area (Å²) in [6.45, 7) is 2.55. The number of halogens is 1. The van der Waals surface area contributed by atoms with Crippen molar-refractivity contribution in [3.8, 4) is 0 Å². The van der Waals surface area contributed by atoms with Gasteiger partial charge in [0.15, 0.2) is 0 Å². The van der Waals surface area contributed by atoms with Crippen LogP contribution in [0.2, 0.25) is 5.02 Å². The van der Waals surface area contributed by atoms with Crippen LogP contribution in [0.15, 0.2) is 48.8 Å². The zero-order valence-electron chi connectivity index (χ0n) is 10.8. The third-order valence-electron chi connectivity index (χ3n) is 3.08. The van der Waals surface area contributed by atoms with Gasteiger partial charge in [-0.1, -0.05) is 23.7 Å². The number of nitrogens with one attached hydrogen (secondary N) is 1. The SMILES string of the molecule is C[C@H](NCC(O)c1ccc(Cl)cc1)c1ccncc1. The molecule has 19 heavy (non-hydrogen) atoms. The first-order chi connectivity index (χ1) is 9.16. The van der Waals surface area contributed by atoms with Gasteiger partial charge in [-0.05, 0) is 42.3 Å². The lowest BCUT2D eigenvalue weighted by atomic mass is 10.1. The van der Waals surface area contributed by atoms with Gasteiger partial charge >= 0.3 is 0 Å². The second kappa shape index (κ2) is 6.66. The van der Waals surface area contributed by atoms with E-state index in [0.717, 1.165) is 11.1 Å². The van der Waals surface area contributed by atoms with Crippen molar-refractivity contribution in [3.05, 3.63) is 64.9 Å². The number of pyridine rings is 1. The summed E-state index contributed by atoms with van der Waals surface area (Å²) in [5.41, 5.74) is 2.01. The minimum atomic E-state index is -0.540. The Hall–Kier alpha value is -1.42. The molecule has 1 aromatic carbocycles. The fourth-order valence-electron chi connectivity index (χ4n) is 1.86. The van der Waals surface area contributed by atoms with Crippen LogP contribution in [0.1, 0.15) is 30.2 Å². The Bertz CT molecular complexity index is 501. The van der Waals surface area contributed by atoms with E-state index >= 15 is 0 Å². The summed E-state index contributed by atoms with van der Waals surface area (Å²) in [6.07, 6.45) is 2.99. The highest BCUT2D eigenvalue weighted by Gasteiger charge is 2.10. The Kier molecular flexibility index (Phi) is 4.91. The molecule has 2 atom stereocenters. The Morgan fingerprint density at radius 1 is 1.11 bits per heavy atom. The van der Waals surface area contributed by atoms with Crippen molar-refractivity contribution in [2.75, 3.05) is 6.54 Å². The molecule has 0 amide bonds. The number of benzene rings is 1. The van der Waals surface area contributed by atoms with Crippen molar-refractivity contribution < 1.29 is 5.11 Å². The molecule has 1 unspecified atom stereocenters. The number of hydrogen-bond donors (Lipinski definition) is 2. The van der Waals surface area contributed by atoms with Crippen molar-refractivity contribution in [1.82, 2.24) is 10.3 Å². The first-order valence-electron chi connectivity index (χ1n) is 6.23.